The molecule has 148 valence electrons. The minimum absolute atomic E-state index is 0.583. The Morgan fingerprint density at radius 2 is 1.26 bits per heavy atom. The largest absolute Gasteiger partial charge is 0.457 e. The number of imidazole rings is 1. The third kappa shape index (κ3) is 3.06. The highest BCUT2D eigenvalue weighted by molar-refractivity contribution is 5.87. The highest BCUT2D eigenvalue weighted by Crippen LogP contribution is 2.37. The van der Waals surface area contributed by atoms with Crippen LogP contribution in [0, 0.1) is 0 Å². The van der Waals surface area contributed by atoms with Gasteiger partial charge in [0.1, 0.15) is 17.2 Å². The molecule has 0 bridgehead atoms. The zero-order valence-electron chi connectivity index (χ0n) is 16.6. The van der Waals surface area contributed by atoms with Crippen molar-refractivity contribution in [1.82, 2.24) is 9.38 Å². The fourth-order valence-electron chi connectivity index (χ4n) is 3.89. The molecule has 0 aliphatic heterocycles. The van der Waals surface area contributed by atoms with Crippen LogP contribution in [0.1, 0.15) is 0 Å². The van der Waals surface area contributed by atoms with Gasteiger partial charge in [-0.15, -0.1) is 0 Å². The summed E-state index contributed by atoms with van der Waals surface area (Å²) in [5, 5.41) is 0. The Morgan fingerprint density at radius 3 is 2.03 bits per heavy atom. The van der Waals surface area contributed by atoms with Gasteiger partial charge in [0.2, 0.25) is 0 Å². The smallest absolute Gasteiger partial charge is 0.307 e. The first-order valence-corrected chi connectivity index (χ1v) is 10.2. The zero-order chi connectivity index (χ0) is 20.6. The van der Waals surface area contributed by atoms with Crippen molar-refractivity contribution in [2.75, 3.05) is 0 Å². The lowest BCUT2D eigenvalue weighted by atomic mass is 10.0. The van der Waals surface area contributed by atoms with Gasteiger partial charge < -0.3 is 9.15 Å². The number of fused-ring (bicyclic) bond motifs is 3. The minimum Gasteiger partial charge on any atom is -0.457 e. The first-order valence-electron chi connectivity index (χ1n) is 10.2. The third-order valence-electron chi connectivity index (χ3n) is 5.31. The molecule has 0 saturated carbocycles. The van der Waals surface area contributed by atoms with Crippen LogP contribution in [0.15, 0.2) is 114 Å². The van der Waals surface area contributed by atoms with Gasteiger partial charge in [0.25, 0.3) is 0 Å². The van der Waals surface area contributed by atoms with Crippen LogP contribution in [0.2, 0.25) is 0 Å². The van der Waals surface area contributed by atoms with Crippen LogP contribution in [0.5, 0.6) is 11.5 Å². The Hall–Kier alpha value is -4.31. The number of para-hydroxylation sites is 3. The summed E-state index contributed by atoms with van der Waals surface area (Å²) in [6.45, 7) is 0. The molecule has 6 aromatic rings. The van der Waals surface area contributed by atoms with Crippen LogP contribution in [0.4, 0.5) is 0 Å². The van der Waals surface area contributed by atoms with E-state index in [1.165, 1.54) is 0 Å². The van der Waals surface area contributed by atoms with Crippen molar-refractivity contribution in [2.24, 2.45) is 0 Å². The lowest BCUT2D eigenvalue weighted by Crippen LogP contribution is -1.89. The number of oxazole rings is 1. The van der Waals surface area contributed by atoms with Gasteiger partial charge in [0.05, 0.1) is 11.2 Å². The van der Waals surface area contributed by atoms with Gasteiger partial charge in [-0.3, -0.25) is 4.40 Å². The van der Waals surface area contributed by atoms with Crippen molar-refractivity contribution in [3.8, 4) is 34.0 Å². The van der Waals surface area contributed by atoms with Crippen LogP contribution in [-0.4, -0.2) is 9.38 Å². The molecule has 4 heteroatoms. The Morgan fingerprint density at radius 1 is 0.613 bits per heavy atom. The number of nitrogens with zero attached hydrogens (tertiary/aromatic N) is 2. The molecule has 0 unspecified atom stereocenters. The van der Waals surface area contributed by atoms with E-state index in [4.69, 9.17) is 14.1 Å². The highest BCUT2D eigenvalue weighted by atomic mass is 16.5. The van der Waals surface area contributed by atoms with Gasteiger partial charge in [-0.2, -0.15) is 4.98 Å². The SMILES string of the molecule is c1ccc(Oc2ccc(-c3nc4oc5ccccc5n4c3-c3ccccc3)cc2)cc1. The molecule has 0 aliphatic rings. The second kappa shape index (κ2) is 7.18. The molecule has 4 aromatic carbocycles. The van der Waals surface area contributed by atoms with Crippen LogP contribution in [0.3, 0.4) is 0 Å². The quantitative estimate of drug-likeness (QED) is 0.313. The van der Waals surface area contributed by atoms with Gasteiger partial charge in [-0.25, -0.2) is 0 Å². The van der Waals surface area contributed by atoms with Crippen molar-refractivity contribution < 1.29 is 9.15 Å². The van der Waals surface area contributed by atoms with Gasteiger partial charge in [0.15, 0.2) is 5.58 Å². The summed E-state index contributed by atoms with van der Waals surface area (Å²) in [6.07, 6.45) is 0. The fraction of sp³-hybridized carbons (Fsp3) is 0. The summed E-state index contributed by atoms with van der Waals surface area (Å²) in [7, 11) is 0. The maximum absolute atomic E-state index is 6.05. The van der Waals surface area contributed by atoms with Gasteiger partial charge in [-0.05, 0) is 48.5 Å². The first-order chi connectivity index (χ1) is 15.4. The van der Waals surface area contributed by atoms with Crippen molar-refractivity contribution in [3.05, 3.63) is 109 Å². The van der Waals surface area contributed by atoms with Gasteiger partial charge in [0, 0.05) is 11.1 Å². The van der Waals surface area contributed by atoms with Crippen LogP contribution >= 0.6 is 0 Å². The molecule has 31 heavy (non-hydrogen) atoms. The minimum atomic E-state index is 0.583. The Balaban J connectivity index is 1.49. The van der Waals surface area contributed by atoms with E-state index in [0.717, 1.165) is 45.1 Å². The van der Waals surface area contributed by atoms with Crippen molar-refractivity contribution in [1.29, 1.82) is 0 Å². The Bertz CT molecular complexity index is 1480. The molecule has 6 rings (SSSR count). The van der Waals surface area contributed by atoms with E-state index in [-0.39, 0.29) is 0 Å². The lowest BCUT2D eigenvalue weighted by Gasteiger charge is -2.08. The van der Waals surface area contributed by atoms with Crippen LogP contribution < -0.4 is 4.74 Å². The highest BCUT2D eigenvalue weighted by Gasteiger charge is 2.20. The molecule has 2 aromatic heterocycles. The van der Waals surface area contributed by atoms with Crippen LogP contribution in [0.25, 0.3) is 39.5 Å². The predicted octanol–water partition coefficient (Wildman–Crippen LogP) is 7.21. The second-order valence-corrected chi connectivity index (χ2v) is 7.30. The molecule has 0 aliphatic carbocycles. The van der Waals surface area contributed by atoms with Crippen molar-refractivity contribution in [2.45, 2.75) is 0 Å². The number of hydrogen-bond acceptors (Lipinski definition) is 3. The monoisotopic (exact) mass is 402 g/mol. The first kappa shape index (κ1) is 17.5. The van der Waals surface area contributed by atoms with E-state index in [0.29, 0.717) is 5.84 Å². The summed E-state index contributed by atoms with van der Waals surface area (Å²) in [5.41, 5.74) is 5.79. The standard InChI is InChI=1S/C27H18N2O2/c1-3-9-20(10-4-1)26-25(28-27-29(26)23-13-7-8-14-24(23)31-27)19-15-17-22(18-16-19)30-21-11-5-2-6-12-21/h1-18H. The van der Waals surface area contributed by atoms with E-state index in [9.17, 15) is 0 Å². The molecule has 0 spiro atoms. The number of aromatic nitrogens is 2. The van der Waals surface area contributed by atoms with E-state index in [1.807, 2.05) is 91.0 Å². The molecule has 2 heterocycles. The molecule has 0 radical (unpaired) electrons. The molecular weight excluding hydrogens is 384 g/mol. The summed E-state index contributed by atoms with van der Waals surface area (Å²) in [6, 6.07) is 36.1. The Labute approximate surface area is 179 Å². The summed E-state index contributed by atoms with van der Waals surface area (Å²) in [4.78, 5) is 4.87. The van der Waals surface area contributed by atoms with Crippen molar-refractivity contribution >= 4 is 16.9 Å². The van der Waals surface area contributed by atoms with Gasteiger partial charge in [-0.1, -0.05) is 60.7 Å². The molecular formula is C27H18N2O2. The van der Waals surface area contributed by atoms with E-state index in [2.05, 4.69) is 22.6 Å². The number of benzene rings is 4. The molecule has 0 N–H and O–H groups in total. The summed E-state index contributed by atoms with van der Waals surface area (Å²) >= 11 is 0. The average Bonchev–Trinajstić information content (AvgIpc) is 3.37. The lowest BCUT2D eigenvalue weighted by molar-refractivity contribution is 0.483. The topological polar surface area (TPSA) is 39.7 Å². The number of rotatable bonds is 4. The third-order valence-corrected chi connectivity index (χ3v) is 5.31. The zero-order valence-corrected chi connectivity index (χ0v) is 16.6. The van der Waals surface area contributed by atoms with Gasteiger partial charge >= 0.3 is 5.84 Å². The molecule has 0 atom stereocenters. The fourth-order valence-corrected chi connectivity index (χ4v) is 3.89. The molecule has 0 fully saturated rings. The van der Waals surface area contributed by atoms with Crippen LogP contribution in [-0.2, 0) is 0 Å². The Kier molecular flexibility index (Phi) is 4.06. The average molecular weight is 402 g/mol. The summed E-state index contributed by atoms with van der Waals surface area (Å²) < 4.78 is 14.1. The second-order valence-electron chi connectivity index (χ2n) is 7.30. The summed E-state index contributed by atoms with van der Waals surface area (Å²) in [5.74, 6) is 2.18. The number of ether oxygens (including phenoxy) is 1. The van der Waals surface area contributed by atoms with E-state index >= 15 is 0 Å². The van der Waals surface area contributed by atoms with E-state index < -0.39 is 0 Å². The maximum Gasteiger partial charge on any atom is 0.307 e. The van der Waals surface area contributed by atoms with E-state index in [1.54, 1.807) is 0 Å². The molecule has 0 saturated heterocycles. The maximum atomic E-state index is 6.05. The van der Waals surface area contributed by atoms with Crippen molar-refractivity contribution in [3.63, 3.8) is 0 Å². The molecule has 4 nitrogen and oxygen atoms in total. The normalized spacial score (nSPS) is 11.2. The number of hydrogen-bond donors (Lipinski definition) is 0. The predicted molar refractivity (Wildman–Crippen MR) is 122 cm³/mol. The molecule has 0 amide bonds.